The summed E-state index contributed by atoms with van der Waals surface area (Å²) in [5, 5.41) is 5.13. The third-order valence-electron chi connectivity index (χ3n) is 2.54. The molecule has 0 aliphatic heterocycles. The molecule has 104 valence electrons. The molecule has 0 aromatic heterocycles. The van der Waals surface area contributed by atoms with E-state index in [1.165, 1.54) is 17.0 Å². The monoisotopic (exact) mass is 267 g/mol. The van der Waals surface area contributed by atoms with Crippen molar-refractivity contribution in [2.75, 3.05) is 26.0 Å². The van der Waals surface area contributed by atoms with Crippen LogP contribution in [0, 0.1) is 12.7 Å². The molecule has 0 spiro atoms. The Morgan fingerprint density at radius 1 is 1.32 bits per heavy atom. The zero-order valence-corrected chi connectivity index (χ0v) is 11.3. The lowest BCUT2D eigenvalue weighted by atomic mass is 10.2. The highest BCUT2D eigenvalue weighted by Crippen LogP contribution is 2.13. The van der Waals surface area contributed by atoms with E-state index in [0.29, 0.717) is 11.3 Å². The summed E-state index contributed by atoms with van der Waals surface area (Å²) in [7, 11) is 3.31. The molecule has 2 N–H and O–H groups in total. The molecule has 0 radical (unpaired) electrons. The Hall–Kier alpha value is -2.11. The van der Waals surface area contributed by atoms with E-state index >= 15 is 0 Å². The maximum atomic E-state index is 13.0. The molecule has 0 heterocycles. The maximum Gasteiger partial charge on any atom is 0.319 e. The fourth-order valence-electron chi connectivity index (χ4n) is 1.40. The normalized spacial score (nSPS) is 9.89. The van der Waals surface area contributed by atoms with Gasteiger partial charge in [-0.2, -0.15) is 0 Å². The van der Waals surface area contributed by atoms with Crippen molar-refractivity contribution in [2.24, 2.45) is 0 Å². The molecule has 0 atom stereocenters. The van der Waals surface area contributed by atoms with Crippen LogP contribution in [0.1, 0.15) is 12.0 Å². The largest absolute Gasteiger partial charge is 0.349 e. The third kappa shape index (κ3) is 4.95. The quantitative estimate of drug-likeness (QED) is 0.872. The first-order chi connectivity index (χ1) is 8.90. The third-order valence-corrected chi connectivity index (χ3v) is 2.54. The van der Waals surface area contributed by atoms with E-state index in [2.05, 4.69) is 10.6 Å². The minimum Gasteiger partial charge on any atom is -0.349 e. The Bertz CT molecular complexity index is 475. The van der Waals surface area contributed by atoms with E-state index in [1.54, 1.807) is 27.1 Å². The maximum absolute atomic E-state index is 13.0. The number of rotatable bonds is 4. The molecule has 1 aromatic rings. The summed E-state index contributed by atoms with van der Waals surface area (Å²) in [5.41, 5.74) is 0.968. The summed E-state index contributed by atoms with van der Waals surface area (Å²) in [5.74, 6) is -0.375. The van der Waals surface area contributed by atoms with Gasteiger partial charge < -0.3 is 15.5 Å². The zero-order valence-electron chi connectivity index (χ0n) is 11.3. The van der Waals surface area contributed by atoms with Gasteiger partial charge in [0, 0.05) is 32.7 Å². The minimum atomic E-state index is -0.419. The van der Waals surface area contributed by atoms with Gasteiger partial charge in [0.05, 0.1) is 0 Å². The number of carbonyl (C=O) groups excluding carboxylic acids is 2. The van der Waals surface area contributed by atoms with E-state index < -0.39 is 6.03 Å². The number of hydrogen-bond donors (Lipinski definition) is 2. The summed E-state index contributed by atoms with van der Waals surface area (Å²) in [6, 6.07) is 3.89. The molecule has 0 fully saturated rings. The highest BCUT2D eigenvalue weighted by molar-refractivity contribution is 5.89. The Morgan fingerprint density at radius 2 is 2.00 bits per heavy atom. The molecule has 5 nitrogen and oxygen atoms in total. The predicted molar refractivity (Wildman–Crippen MR) is 71.5 cm³/mol. The molecule has 3 amide bonds. The van der Waals surface area contributed by atoms with Crippen LogP contribution in [0.5, 0.6) is 0 Å². The van der Waals surface area contributed by atoms with E-state index in [-0.39, 0.29) is 24.7 Å². The second-order valence-electron chi connectivity index (χ2n) is 4.38. The lowest BCUT2D eigenvalue weighted by molar-refractivity contribution is -0.128. The number of carbonyl (C=O) groups is 2. The highest BCUT2D eigenvalue weighted by Gasteiger charge is 2.06. The lowest BCUT2D eigenvalue weighted by Gasteiger charge is -2.11. The topological polar surface area (TPSA) is 61.4 Å². The number of urea groups is 1. The van der Waals surface area contributed by atoms with Crippen LogP contribution in [0.25, 0.3) is 0 Å². The first-order valence-corrected chi connectivity index (χ1v) is 5.91. The summed E-state index contributed by atoms with van der Waals surface area (Å²) >= 11 is 0. The Balaban J connectivity index is 2.39. The minimum absolute atomic E-state index is 0.0575. The predicted octanol–water partition coefficient (Wildman–Crippen LogP) is 1.73. The average Bonchev–Trinajstić information content (AvgIpc) is 2.33. The molecule has 1 aromatic carbocycles. The summed E-state index contributed by atoms with van der Waals surface area (Å²) in [4.78, 5) is 24.3. The van der Waals surface area contributed by atoms with Crippen molar-refractivity contribution in [3.05, 3.63) is 29.6 Å². The smallest absolute Gasteiger partial charge is 0.319 e. The SMILES string of the molecule is Cc1cc(NC(=O)NCCC(=O)N(C)C)ccc1F. The van der Waals surface area contributed by atoms with Crippen LogP contribution in [0.4, 0.5) is 14.9 Å². The second kappa shape index (κ2) is 6.72. The van der Waals surface area contributed by atoms with E-state index in [0.717, 1.165) is 0 Å². The number of hydrogen-bond acceptors (Lipinski definition) is 2. The fraction of sp³-hybridized carbons (Fsp3) is 0.385. The van der Waals surface area contributed by atoms with E-state index in [1.807, 2.05) is 0 Å². The van der Waals surface area contributed by atoms with Gasteiger partial charge in [-0.3, -0.25) is 4.79 Å². The van der Waals surface area contributed by atoms with Crippen LogP contribution in [0.3, 0.4) is 0 Å². The van der Waals surface area contributed by atoms with Gasteiger partial charge in [-0.05, 0) is 30.7 Å². The van der Waals surface area contributed by atoms with E-state index in [9.17, 15) is 14.0 Å². The van der Waals surface area contributed by atoms with Gasteiger partial charge in [-0.1, -0.05) is 0 Å². The van der Waals surface area contributed by atoms with Gasteiger partial charge >= 0.3 is 6.03 Å². The molecular weight excluding hydrogens is 249 g/mol. The number of amides is 3. The average molecular weight is 267 g/mol. The molecule has 0 saturated carbocycles. The lowest BCUT2D eigenvalue weighted by Crippen LogP contribution is -2.33. The van der Waals surface area contributed by atoms with Gasteiger partial charge in [-0.15, -0.1) is 0 Å². The van der Waals surface area contributed by atoms with Crippen LogP contribution in [0.2, 0.25) is 0 Å². The molecule has 0 unspecified atom stereocenters. The molecule has 0 bridgehead atoms. The van der Waals surface area contributed by atoms with Gasteiger partial charge in [0.2, 0.25) is 5.91 Å². The molecule has 0 saturated heterocycles. The van der Waals surface area contributed by atoms with Crippen LogP contribution in [-0.2, 0) is 4.79 Å². The van der Waals surface area contributed by atoms with Crippen LogP contribution in [-0.4, -0.2) is 37.5 Å². The summed E-state index contributed by atoms with van der Waals surface area (Å²) < 4.78 is 13.0. The first kappa shape index (κ1) is 14.9. The van der Waals surface area contributed by atoms with E-state index in [4.69, 9.17) is 0 Å². The van der Waals surface area contributed by atoms with Crippen LogP contribution < -0.4 is 10.6 Å². The Kier molecular flexibility index (Phi) is 5.29. The Labute approximate surface area is 111 Å². The van der Waals surface area contributed by atoms with Crippen molar-refractivity contribution >= 4 is 17.6 Å². The van der Waals surface area contributed by atoms with Gasteiger partial charge in [0.15, 0.2) is 0 Å². The van der Waals surface area contributed by atoms with Gasteiger partial charge in [0.25, 0.3) is 0 Å². The standard InChI is InChI=1S/C13H18FN3O2/c1-9-8-10(4-5-11(9)14)16-13(19)15-7-6-12(18)17(2)3/h4-5,8H,6-7H2,1-3H3,(H2,15,16,19). The molecule has 0 aliphatic carbocycles. The molecule has 6 heteroatoms. The van der Waals surface area contributed by atoms with Crippen molar-refractivity contribution in [1.82, 2.24) is 10.2 Å². The first-order valence-electron chi connectivity index (χ1n) is 5.91. The number of anilines is 1. The number of benzene rings is 1. The molecule has 0 aliphatic rings. The zero-order chi connectivity index (χ0) is 14.4. The second-order valence-corrected chi connectivity index (χ2v) is 4.38. The number of halogens is 1. The summed E-state index contributed by atoms with van der Waals surface area (Å²) in [6.07, 6.45) is 0.239. The molecule has 1 rings (SSSR count). The number of nitrogens with one attached hydrogen (secondary N) is 2. The van der Waals surface area contributed by atoms with Crippen LogP contribution in [0.15, 0.2) is 18.2 Å². The summed E-state index contributed by atoms with van der Waals surface area (Å²) in [6.45, 7) is 1.87. The van der Waals surface area contributed by atoms with Gasteiger partial charge in [0.1, 0.15) is 5.82 Å². The Morgan fingerprint density at radius 3 is 2.58 bits per heavy atom. The van der Waals surface area contributed by atoms with Crippen LogP contribution >= 0.6 is 0 Å². The van der Waals surface area contributed by atoms with Gasteiger partial charge in [-0.25, -0.2) is 9.18 Å². The van der Waals surface area contributed by atoms with Crippen molar-refractivity contribution < 1.29 is 14.0 Å². The fourth-order valence-corrected chi connectivity index (χ4v) is 1.40. The van der Waals surface area contributed by atoms with Crippen molar-refractivity contribution in [3.8, 4) is 0 Å². The van der Waals surface area contributed by atoms with Crippen molar-refractivity contribution in [3.63, 3.8) is 0 Å². The molecule has 19 heavy (non-hydrogen) atoms. The highest BCUT2D eigenvalue weighted by atomic mass is 19.1. The number of nitrogens with zero attached hydrogens (tertiary/aromatic N) is 1. The number of aryl methyl sites for hydroxylation is 1. The van der Waals surface area contributed by atoms with Crippen molar-refractivity contribution in [2.45, 2.75) is 13.3 Å². The van der Waals surface area contributed by atoms with Crippen molar-refractivity contribution in [1.29, 1.82) is 0 Å². The molecular formula is C13H18FN3O2.